The molecule has 5 rings (SSSR count). The number of benzene rings is 2. The number of amides is 2. The van der Waals surface area contributed by atoms with Gasteiger partial charge in [0.25, 0.3) is 11.8 Å². The highest BCUT2D eigenvalue weighted by molar-refractivity contribution is 6.31. The number of aryl methyl sites for hydroxylation is 2. The van der Waals surface area contributed by atoms with Crippen molar-refractivity contribution in [1.82, 2.24) is 20.0 Å². The molecule has 4 aromatic rings. The Kier molecular flexibility index (Phi) is 5.43. The number of hydrogen-bond acceptors (Lipinski definition) is 5. The number of anilines is 3. The lowest BCUT2D eigenvalue weighted by atomic mass is 9.99. The fraction of sp³-hybridized carbons (Fsp3) is 0.120. The Bertz CT molecular complexity index is 1410. The molecule has 9 heteroatoms. The standard InChI is InChI=1S/C25H23N7O2/c1-15-9-23(31-30-15)26-13-21-20-11-17(5-8-22(20)29-25(21)34)10-16-3-6-19(7-4-16)28-24(33)18-12-27-32(2)14-18/h3-9,11-14H,10H2,1-2H3,(H,28,33)(H,29,34)(H2,26,30,31)/b21-13-. The van der Waals surface area contributed by atoms with Crippen LogP contribution in [0.4, 0.5) is 17.2 Å². The molecule has 0 fully saturated rings. The molecule has 0 saturated carbocycles. The van der Waals surface area contributed by atoms with E-state index in [4.69, 9.17) is 0 Å². The monoisotopic (exact) mass is 453 g/mol. The summed E-state index contributed by atoms with van der Waals surface area (Å²) in [5, 5.41) is 19.9. The molecular weight excluding hydrogens is 430 g/mol. The van der Waals surface area contributed by atoms with E-state index in [1.54, 1.807) is 24.1 Å². The van der Waals surface area contributed by atoms with Gasteiger partial charge in [0, 0.05) is 42.4 Å². The summed E-state index contributed by atoms with van der Waals surface area (Å²) in [7, 11) is 1.77. The molecule has 2 aromatic carbocycles. The van der Waals surface area contributed by atoms with Gasteiger partial charge in [0.05, 0.1) is 23.0 Å². The minimum absolute atomic E-state index is 0.149. The van der Waals surface area contributed by atoms with E-state index in [9.17, 15) is 9.59 Å². The highest BCUT2D eigenvalue weighted by Gasteiger charge is 2.24. The third kappa shape index (κ3) is 4.44. The molecule has 9 nitrogen and oxygen atoms in total. The molecule has 4 N–H and O–H groups in total. The Hall–Kier alpha value is -4.66. The molecule has 0 saturated heterocycles. The molecule has 1 aliphatic rings. The topological polar surface area (TPSA) is 117 Å². The van der Waals surface area contributed by atoms with Crippen molar-refractivity contribution in [2.45, 2.75) is 13.3 Å². The average molecular weight is 454 g/mol. The molecule has 3 heterocycles. The zero-order valence-electron chi connectivity index (χ0n) is 18.7. The number of nitrogens with one attached hydrogen (secondary N) is 4. The fourth-order valence-corrected chi connectivity index (χ4v) is 3.82. The Labute approximate surface area is 195 Å². The van der Waals surface area contributed by atoms with Crippen LogP contribution in [-0.2, 0) is 18.3 Å². The zero-order valence-corrected chi connectivity index (χ0v) is 18.7. The molecule has 2 amide bonds. The van der Waals surface area contributed by atoms with Gasteiger partial charge in [-0.25, -0.2) is 0 Å². The van der Waals surface area contributed by atoms with E-state index in [-0.39, 0.29) is 11.8 Å². The maximum atomic E-state index is 12.5. The molecule has 0 atom stereocenters. The summed E-state index contributed by atoms with van der Waals surface area (Å²) in [6, 6.07) is 15.5. The highest BCUT2D eigenvalue weighted by Crippen LogP contribution is 2.33. The molecule has 170 valence electrons. The normalized spacial score (nSPS) is 13.6. The summed E-state index contributed by atoms with van der Waals surface area (Å²) in [5.74, 6) is 0.373. The van der Waals surface area contributed by atoms with Gasteiger partial charge in [-0.05, 0) is 48.7 Å². The summed E-state index contributed by atoms with van der Waals surface area (Å²) < 4.78 is 1.59. The maximum Gasteiger partial charge on any atom is 0.258 e. The second kappa shape index (κ2) is 8.70. The van der Waals surface area contributed by atoms with E-state index in [0.29, 0.717) is 23.2 Å². The summed E-state index contributed by atoms with van der Waals surface area (Å²) in [6.45, 7) is 1.89. The van der Waals surface area contributed by atoms with Crippen LogP contribution in [0.25, 0.3) is 5.57 Å². The Balaban J connectivity index is 1.28. The Morgan fingerprint density at radius 3 is 2.62 bits per heavy atom. The Morgan fingerprint density at radius 1 is 1.12 bits per heavy atom. The van der Waals surface area contributed by atoms with Crippen molar-refractivity contribution < 1.29 is 9.59 Å². The molecule has 0 spiro atoms. The zero-order chi connectivity index (χ0) is 23.7. The number of carbonyl (C=O) groups excluding carboxylic acids is 2. The van der Waals surface area contributed by atoms with Crippen molar-refractivity contribution in [2.24, 2.45) is 7.05 Å². The van der Waals surface area contributed by atoms with Crippen LogP contribution in [0.3, 0.4) is 0 Å². The Morgan fingerprint density at radius 2 is 1.91 bits per heavy atom. The third-order valence-electron chi connectivity index (χ3n) is 5.53. The number of fused-ring (bicyclic) bond motifs is 1. The van der Waals surface area contributed by atoms with Crippen molar-refractivity contribution in [3.63, 3.8) is 0 Å². The van der Waals surface area contributed by atoms with Crippen molar-refractivity contribution in [3.05, 3.63) is 95.1 Å². The lowest BCUT2D eigenvalue weighted by molar-refractivity contribution is -0.110. The number of hydrogen-bond donors (Lipinski definition) is 4. The minimum Gasteiger partial charge on any atom is -0.346 e. The number of H-pyrrole nitrogens is 1. The summed E-state index contributed by atoms with van der Waals surface area (Å²) in [4.78, 5) is 24.8. The average Bonchev–Trinajstić information content (AvgIpc) is 3.52. The molecule has 0 bridgehead atoms. The fourth-order valence-electron chi connectivity index (χ4n) is 3.82. The van der Waals surface area contributed by atoms with Gasteiger partial charge >= 0.3 is 0 Å². The largest absolute Gasteiger partial charge is 0.346 e. The first kappa shape index (κ1) is 21.2. The second-order valence-corrected chi connectivity index (χ2v) is 8.19. The quantitative estimate of drug-likeness (QED) is 0.332. The first-order valence-corrected chi connectivity index (χ1v) is 10.8. The lowest BCUT2D eigenvalue weighted by Gasteiger charge is -2.08. The van der Waals surface area contributed by atoms with Gasteiger partial charge in [0.2, 0.25) is 0 Å². The molecule has 0 radical (unpaired) electrons. The van der Waals surface area contributed by atoms with Crippen molar-refractivity contribution in [3.8, 4) is 0 Å². The van der Waals surface area contributed by atoms with E-state index in [0.717, 1.165) is 33.9 Å². The summed E-state index contributed by atoms with van der Waals surface area (Å²) in [6.07, 6.45) is 5.59. The van der Waals surface area contributed by atoms with Crippen LogP contribution in [0.2, 0.25) is 0 Å². The molecule has 2 aromatic heterocycles. The number of rotatable bonds is 6. The van der Waals surface area contributed by atoms with Gasteiger partial charge in [-0.2, -0.15) is 10.2 Å². The number of nitrogens with zero attached hydrogens (tertiary/aromatic N) is 3. The third-order valence-corrected chi connectivity index (χ3v) is 5.53. The predicted octanol–water partition coefficient (Wildman–Crippen LogP) is 3.70. The number of aromatic amines is 1. The molecular formula is C25H23N7O2. The number of carbonyl (C=O) groups is 2. The second-order valence-electron chi connectivity index (χ2n) is 8.19. The van der Waals surface area contributed by atoms with Crippen molar-refractivity contribution in [2.75, 3.05) is 16.0 Å². The molecule has 0 unspecified atom stereocenters. The van der Waals surface area contributed by atoms with Crippen LogP contribution < -0.4 is 16.0 Å². The minimum atomic E-state index is -0.199. The highest BCUT2D eigenvalue weighted by atomic mass is 16.2. The van der Waals surface area contributed by atoms with Gasteiger partial charge < -0.3 is 16.0 Å². The SMILES string of the molecule is Cc1cc(N/C=C2\C(=O)Nc3ccc(Cc4ccc(NC(=O)c5cnn(C)c5)cc4)cc32)[nH]n1. The first-order chi connectivity index (χ1) is 16.4. The maximum absolute atomic E-state index is 12.5. The molecule has 1 aliphatic heterocycles. The van der Waals surface area contributed by atoms with Gasteiger partial charge in [-0.1, -0.05) is 18.2 Å². The lowest BCUT2D eigenvalue weighted by Crippen LogP contribution is -2.11. The first-order valence-electron chi connectivity index (χ1n) is 10.8. The molecule has 34 heavy (non-hydrogen) atoms. The van der Waals surface area contributed by atoms with Gasteiger partial charge in [-0.3, -0.25) is 19.4 Å². The predicted molar refractivity (Wildman–Crippen MR) is 130 cm³/mol. The van der Waals surface area contributed by atoms with Crippen LogP contribution in [-0.4, -0.2) is 31.8 Å². The number of aromatic nitrogens is 4. The van der Waals surface area contributed by atoms with Crippen LogP contribution in [0, 0.1) is 6.92 Å². The smallest absolute Gasteiger partial charge is 0.258 e. The van der Waals surface area contributed by atoms with E-state index >= 15 is 0 Å². The van der Waals surface area contributed by atoms with Crippen LogP contribution in [0.5, 0.6) is 0 Å². The van der Waals surface area contributed by atoms with Crippen LogP contribution in [0.15, 0.2) is 67.1 Å². The van der Waals surface area contributed by atoms with Gasteiger partial charge in [0.1, 0.15) is 5.82 Å². The van der Waals surface area contributed by atoms with Crippen molar-refractivity contribution >= 4 is 34.6 Å². The summed E-state index contributed by atoms with van der Waals surface area (Å²) in [5.41, 5.74) is 6.46. The molecule has 0 aliphatic carbocycles. The summed E-state index contributed by atoms with van der Waals surface area (Å²) >= 11 is 0. The van der Waals surface area contributed by atoms with Gasteiger partial charge in [-0.15, -0.1) is 0 Å². The van der Waals surface area contributed by atoms with E-state index in [1.165, 1.54) is 6.20 Å². The van der Waals surface area contributed by atoms with E-state index in [2.05, 4.69) is 31.2 Å². The van der Waals surface area contributed by atoms with Crippen LogP contribution >= 0.6 is 0 Å². The van der Waals surface area contributed by atoms with Crippen molar-refractivity contribution in [1.29, 1.82) is 0 Å². The van der Waals surface area contributed by atoms with E-state index < -0.39 is 0 Å². The van der Waals surface area contributed by atoms with E-state index in [1.807, 2.05) is 55.5 Å². The van der Waals surface area contributed by atoms with Gasteiger partial charge in [0.15, 0.2) is 0 Å². The van der Waals surface area contributed by atoms with Crippen LogP contribution in [0.1, 0.15) is 32.7 Å².